The minimum Gasteiger partial charge on any atom is -0.393 e. The number of aromatic nitrogens is 2. The molecule has 0 radical (unpaired) electrons. The van der Waals surface area contributed by atoms with Gasteiger partial charge in [-0.05, 0) is 45.8 Å². The lowest BCUT2D eigenvalue weighted by atomic mass is 10.3. The van der Waals surface area contributed by atoms with Crippen molar-refractivity contribution in [2.45, 2.75) is 39.3 Å². The third-order valence-corrected chi connectivity index (χ3v) is 3.66. The SMILES string of the molecule is CCn1cc(N)c(=O)n(CCCN2CCCC2)c1=O. The molecule has 0 atom stereocenters. The molecule has 6 nitrogen and oxygen atoms in total. The van der Waals surface area contributed by atoms with Gasteiger partial charge < -0.3 is 10.6 Å². The Bertz CT molecular complexity index is 541. The Morgan fingerprint density at radius 1 is 1.21 bits per heavy atom. The van der Waals surface area contributed by atoms with E-state index in [4.69, 9.17) is 5.73 Å². The van der Waals surface area contributed by atoms with E-state index in [0.29, 0.717) is 13.1 Å². The molecular formula is C13H22N4O2. The minimum absolute atomic E-state index is 0.141. The van der Waals surface area contributed by atoms with Gasteiger partial charge in [0.15, 0.2) is 0 Å². The van der Waals surface area contributed by atoms with Crippen molar-refractivity contribution in [3.05, 3.63) is 27.0 Å². The lowest BCUT2D eigenvalue weighted by Gasteiger charge is -2.15. The lowest BCUT2D eigenvalue weighted by Crippen LogP contribution is -2.41. The largest absolute Gasteiger partial charge is 0.393 e. The van der Waals surface area contributed by atoms with Crippen molar-refractivity contribution in [1.29, 1.82) is 0 Å². The zero-order valence-corrected chi connectivity index (χ0v) is 11.5. The van der Waals surface area contributed by atoms with Gasteiger partial charge in [-0.1, -0.05) is 0 Å². The second-order valence-corrected chi connectivity index (χ2v) is 5.01. The number of nitrogen functional groups attached to an aromatic ring is 1. The van der Waals surface area contributed by atoms with Crippen molar-refractivity contribution in [3.63, 3.8) is 0 Å². The predicted octanol–water partition coefficient (Wildman–Crippen LogP) is 0.0980. The van der Waals surface area contributed by atoms with Crippen LogP contribution in [0, 0.1) is 0 Å². The Kier molecular flexibility index (Phi) is 4.42. The van der Waals surface area contributed by atoms with E-state index in [9.17, 15) is 9.59 Å². The molecule has 1 aromatic heterocycles. The first-order valence-electron chi connectivity index (χ1n) is 6.95. The van der Waals surface area contributed by atoms with Gasteiger partial charge in [-0.3, -0.25) is 13.9 Å². The summed E-state index contributed by atoms with van der Waals surface area (Å²) in [4.78, 5) is 26.3. The van der Waals surface area contributed by atoms with Gasteiger partial charge >= 0.3 is 5.69 Å². The van der Waals surface area contributed by atoms with E-state index in [0.717, 1.165) is 26.1 Å². The van der Waals surface area contributed by atoms with Crippen LogP contribution in [0.2, 0.25) is 0 Å². The maximum atomic E-state index is 12.1. The highest BCUT2D eigenvalue weighted by molar-refractivity contribution is 5.30. The molecular weight excluding hydrogens is 244 g/mol. The van der Waals surface area contributed by atoms with Crippen molar-refractivity contribution in [1.82, 2.24) is 14.0 Å². The van der Waals surface area contributed by atoms with Crippen LogP contribution in [0.1, 0.15) is 26.2 Å². The average molecular weight is 266 g/mol. The molecule has 6 heteroatoms. The van der Waals surface area contributed by atoms with Gasteiger partial charge in [0.05, 0.1) is 0 Å². The highest BCUT2D eigenvalue weighted by atomic mass is 16.2. The number of nitrogens with zero attached hydrogens (tertiary/aromatic N) is 3. The molecule has 2 heterocycles. The van der Waals surface area contributed by atoms with Crippen molar-refractivity contribution < 1.29 is 0 Å². The van der Waals surface area contributed by atoms with Crippen LogP contribution in [0.5, 0.6) is 0 Å². The highest BCUT2D eigenvalue weighted by Crippen LogP contribution is 2.07. The van der Waals surface area contributed by atoms with Gasteiger partial charge in [0, 0.05) is 19.3 Å². The summed E-state index contributed by atoms with van der Waals surface area (Å²) < 4.78 is 2.74. The van der Waals surface area contributed by atoms with Gasteiger partial charge in [0.2, 0.25) is 0 Å². The molecule has 0 aliphatic carbocycles. The molecule has 19 heavy (non-hydrogen) atoms. The number of rotatable bonds is 5. The summed E-state index contributed by atoms with van der Waals surface area (Å²) in [7, 11) is 0. The van der Waals surface area contributed by atoms with E-state index < -0.39 is 0 Å². The molecule has 1 aliphatic rings. The van der Waals surface area contributed by atoms with Crippen molar-refractivity contribution in [2.75, 3.05) is 25.4 Å². The van der Waals surface area contributed by atoms with Crippen LogP contribution in [0.4, 0.5) is 5.69 Å². The van der Waals surface area contributed by atoms with Crippen molar-refractivity contribution in [3.8, 4) is 0 Å². The monoisotopic (exact) mass is 266 g/mol. The molecule has 0 amide bonds. The van der Waals surface area contributed by atoms with Crippen LogP contribution < -0.4 is 17.0 Å². The van der Waals surface area contributed by atoms with Gasteiger partial charge in [0.1, 0.15) is 5.69 Å². The Labute approximate surface area is 112 Å². The molecule has 1 aliphatic heterocycles. The lowest BCUT2D eigenvalue weighted by molar-refractivity contribution is 0.322. The molecule has 106 valence electrons. The van der Waals surface area contributed by atoms with Crippen LogP contribution in [0.15, 0.2) is 15.8 Å². The van der Waals surface area contributed by atoms with Gasteiger partial charge in [-0.15, -0.1) is 0 Å². The Morgan fingerprint density at radius 3 is 2.53 bits per heavy atom. The minimum atomic E-state index is -0.365. The summed E-state index contributed by atoms with van der Waals surface area (Å²) in [5.74, 6) is 0. The Morgan fingerprint density at radius 2 is 1.89 bits per heavy atom. The standard InChI is InChI=1S/C13H22N4O2/c1-2-16-10-11(14)12(18)17(13(16)19)9-5-8-15-6-3-4-7-15/h10H,2-9,14H2,1H3. The zero-order valence-electron chi connectivity index (χ0n) is 11.5. The van der Waals surface area contributed by atoms with Crippen molar-refractivity contribution in [2.24, 2.45) is 0 Å². The van der Waals surface area contributed by atoms with E-state index in [2.05, 4.69) is 4.90 Å². The fourth-order valence-electron chi connectivity index (χ4n) is 2.56. The third-order valence-electron chi connectivity index (χ3n) is 3.66. The summed E-state index contributed by atoms with van der Waals surface area (Å²) in [6.45, 7) is 6.03. The summed E-state index contributed by atoms with van der Waals surface area (Å²) >= 11 is 0. The number of nitrogens with two attached hydrogens (primary N) is 1. The number of hydrogen-bond acceptors (Lipinski definition) is 4. The second kappa shape index (κ2) is 6.06. The first-order chi connectivity index (χ1) is 9.13. The van der Waals surface area contributed by atoms with E-state index in [-0.39, 0.29) is 16.9 Å². The Balaban J connectivity index is 2.08. The van der Waals surface area contributed by atoms with Gasteiger partial charge in [-0.25, -0.2) is 4.79 Å². The van der Waals surface area contributed by atoms with Crippen LogP contribution in [0.3, 0.4) is 0 Å². The quantitative estimate of drug-likeness (QED) is 0.820. The molecule has 1 saturated heterocycles. The summed E-state index contributed by atoms with van der Waals surface area (Å²) in [6.07, 6.45) is 4.74. The topological polar surface area (TPSA) is 73.3 Å². The smallest absolute Gasteiger partial charge is 0.331 e. The molecule has 2 rings (SSSR count). The maximum Gasteiger partial charge on any atom is 0.331 e. The van der Waals surface area contributed by atoms with E-state index in [1.807, 2.05) is 6.92 Å². The summed E-state index contributed by atoms with van der Waals surface area (Å²) in [6, 6.07) is 0. The molecule has 2 N–H and O–H groups in total. The molecule has 1 fully saturated rings. The summed E-state index contributed by atoms with van der Waals surface area (Å²) in [5, 5.41) is 0. The maximum absolute atomic E-state index is 12.1. The predicted molar refractivity (Wildman–Crippen MR) is 75.3 cm³/mol. The second-order valence-electron chi connectivity index (χ2n) is 5.01. The highest BCUT2D eigenvalue weighted by Gasteiger charge is 2.12. The molecule has 0 bridgehead atoms. The normalized spacial score (nSPS) is 16.1. The molecule has 0 unspecified atom stereocenters. The number of likely N-dealkylation sites (tertiary alicyclic amines) is 1. The Hall–Kier alpha value is -1.56. The average Bonchev–Trinajstić information content (AvgIpc) is 2.91. The molecule has 0 saturated carbocycles. The van der Waals surface area contributed by atoms with Gasteiger partial charge in [0.25, 0.3) is 5.56 Å². The fourth-order valence-corrected chi connectivity index (χ4v) is 2.56. The number of hydrogen-bond donors (Lipinski definition) is 1. The van der Waals surface area contributed by atoms with Crippen molar-refractivity contribution >= 4 is 5.69 Å². The van der Waals surface area contributed by atoms with E-state index >= 15 is 0 Å². The first kappa shape index (κ1) is 13.9. The van der Waals surface area contributed by atoms with Crippen LogP contribution in [0.25, 0.3) is 0 Å². The van der Waals surface area contributed by atoms with Gasteiger partial charge in [-0.2, -0.15) is 0 Å². The molecule has 0 aromatic carbocycles. The fraction of sp³-hybridized carbons (Fsp3) is 0.692. The number of aryl methyl sites for hydroxylation is 1. The zero-order chi connectivity index (χ0) is 13.8. The van der Waals surface area contributed by atoms with E-state index in [1.54, 1.807) is 0 Å². The molecule has 1 aromatic rings. The summed E-state index contributed by atoms with van der Waals surface area (Å²) in [5.41, 5.74) is 5.17. The van der Waals surface area contributed by atoms with E-state index in [1.165, 1.54) is 28.2 Å². The molecule has 0 spiro atoms. The van der Waals surface area contributed by atoms with Crippen LogP contribution in [-0.4, -0.2) is 33.7 Å². The third kappa shape index (κ3) is 3.07. The number of anilines is 1. The van der Waals surface area contributed by atoms with Crippen LogP contribution >= 0.6 is 0 Å². The van der Waals surface area contributed by atoms with Crippen LogP contribution in [-0.2, 0) is 13.1 Å². The first-order valence-corrected chi connectivity index (χ1v) is 6.95.